The van der Waals surface area contributed by atoms with Crippen LogP contribution in [0.2, 0.25) is 5.02 Å². The molecule has 2 rings (SSSR count). The summed E-state index contributed by atoms with van der Waals surface area (Å²) in [7, 11) is 0. The van der Waals surface area contributed by atoms with Gasteiger partial charge in [0.05, 0.1) is 0 Å². The highest BCUT2D eigenvalue weighted by Gasteiger charge is 2.24. The topological polar surface area (TPSA) is 40.6 Å². The standard InChI is InChI=1S/C15H19ClN2O2/c1-2-3-14(19)17-8-10-18(11-9-17)15(20)12-4-6-13(16)7-5-12/h4-7H,2-3,8-11H2,1H3. The first kappa shape index (κ1) is 14.9. The molecule has 0 atom stereocenters. The van der Waals surface area contributed by atoms with E-state index in [2.05, 4.69) is 0 Å². The van der Waals surface area contributed by atoms with Crippen molar-refractivity contribution >= 4 is 23.4 Å². The molecule has 0 bridgehead atoms. The molecule has 20 heavy (non-hydrogen) atoms. The monoisotopic (exact) mass is 294 g/mol. The van der Waals surface area contributed by atoms with Crippen LogP contribution < -0.4 is 0 Å². The maximum Gasteiger partial charge on any atom is 0.253 e. The Balaban J connectivity index is 1.92. The molecule has 108 valence electrons. The molecular formula is C15H19ClN2O2. The molecule has 0 unspecified atom stereocenters. The average Bonchev–Trinajstić information content (AvgIpc) is 2.48. The van der Waals surface area contributed by atoms with Crippen molar-refractivity contribution in [3.05, 3.63) is 34.9 Å². The second-order valence-electron chi connectivity index (χ2n) is 4.93. The zero-order valence-corrected chi connectivity index (χ0v) is 12.4. The molecule has 1 saturated heterocycles. The molecule has 1 aromatic carbocycles. The minimum absolute atomic E-state index is 0.00394. The summed E-state index contributed by atoms with van der Waals surface area (Å²) in [6.07, 6.45) is 1.45. The van der Waals surface area contributed by atoms with Crippen LogP contribution in [0.3, 0.4) is 0 Å². The molecule has 0 aromatic heterocycles. The fourth-order valence-electron chi connectivity index (χ4n) is 2.31. The van der Waals surface area contributed by atoms with Crippen LogP contribution in [0.15, 0.2) is 24.3 Å². The highest BCUT2D eigenvalue weighted by Crippen LogP contribution is 2.13. The Morgan fingerprint density at radius 1 is 1.05 bits per heavy atom. The molecule has 1 aliphatic heterocycles. The van der Waals surface area contributed by atoms with E-state index in [1.54, 1.807) is 29.2 Å². The van der Waals surface area contributed by atoms with Crippen molar-refractivity contribution in [2.24, 2.45) is 0 Å². The largest absolute Gasteiger partial charge is 0.339 e. The van der Waals surface area contributed by atoms with Gasteiger partial charge in [0.15, 0.2) is 0 Å². The number of carbonyl (C=O) groups is 2. The number of nitrogens with zero attached hydrogens (tertiary/aromatic N) is 2. The smallest absolute Gasteiger partial charge is 0.253 e. The van der Waals surface area contributed by atoms with Gasteiger partial charge in [-0.2, -0.15) is 0 Å². The number of amides is 2. The maximum atomic E-state index is 12.3. The molecule has 2 amide bonds. The number of hydrogen-bond donors (Lipinski definition) is 0. The Labute approximate surface area is 124 Å². The molecule has 4 nitrogen and oxygen atoms in total. The molecule has 1 heterocycles. The van der Waals surface area contributed by atoms with Gasteiger partial charge in [-0.3, -0.25) is 9.59 Å². The van der Waals surface area contributed by atoms with E-state index in [9.17, 15) is 9.59 Å². The van der Waals surface area contributed by atoms with E-state index in [0.717, 1.165) is 6.42 Å². The van der Waals surface area contributed by atoms with Crippen molar-refractivity contribution < 1.29 is 9.59 Å². The normalized spacial score (nSPS) is 15.3. The second kappa shape index (κ2) is 6.75. The zero-order valence-electron chi connectivity index (χ0n) is 11.6. The molecular weight excluding hydrogens is 276 g/mol. The summed E-state index contributed by atoms with van der Waals surface area (Å²) < 4.78 is 0. The Morgan fingerprint density at radius 2 is 1.60 bits per heavy atom. The van der Waals surface area contributed by atoms with Gasteiger partial charge in [-0.05, 0) is 30.7 Å². The van der Waals surface area contributed by atoms with Crippen LogP contribution in [-0.4, -0.2) is 47.8 Å². The second-order valence-corrected chi connectivity index (χ2v) is 5.37. The van der Waals surface area contributed by atoms with E-state index in [1.165, 1.54) is 0 Å². The third-order valence-corrected chi connectivity index (χ3v) is 3.73. The van der Waals surface area contributed by atoms with Crippen molar-refractivity contribution in [3.8, 4) is 0 Å². The van der Waals surface area contributed by atoms with E-state index in [1.807, 2.05) is 11.8 Å². The van der Waals surface area contributed by atoms with E-state index in [-0.39, 0.29) is 11.8 Å². The predicted molar refractivity (Wildman–Crippen MR) is 78.8 cm³/mol. The lowest BCUT2D eigenvalue weighted by Gasteiger charge is -2.34. The van der Waals surface area contributed by atoms with Gasteiger partial charge in [0.25, 0.3) is 5.91 Å². The Morgan fingerprint density at radius 3 is 2.15 bits per heavy atom. The number of hydrogen-bond acceptors (Lipinski definition) is 2. The van der Waals surface area contributed by atoms with Gasteiger partial charge < -0.3 is 9.80 Å². The van der Waals surface area contributed by atoms with E-state index in [4.69, 9.17) is 11.6 Å². The molecule has 1 fully saturated rings. The number of piperazine rings is 1. The first-order chi connectivity index (χ1) is 9.61. The summed E-state index contributed by atoms with van der Waals surface area (Å²) in [5.41, 5.74) is 0.641. The molecule has 0 saturated carbocycles. The predicted octanol–water partition coefficient (Wildman–Crippen LogP) is 2.42. The Bertz CT molecular complexity index is 479. The van der Waals surface area contributed by atoms with E-state index < -0.39 is 0 Å². The van der Waals surface area contributed by atoms with Crippen LogP contribution in [0.1, 0.15) is 30.1 Å². The van der Waals surface area contributed by atoms with Crippen molar-refractivity contribution in [2.45, 2.75) is 19.8 Å². The highest BCUT2D eigenvalue weighted by atomic mass is 35.5. The minimum Gasteiger partial charge on any atom is -0.339 e. The number of halogens is 1. The highest BCUT2D eigenvalue weighted by molar-refractivity contribution is 6.30. The van der Waals surface area contributed by atoms with Crippen LogP contribution in [0.4, 0.5) is 0 Å². The van der Waals surface area contributed by atoms with E-state index in [0.29, 0.717) is 43.2 Å². The van der Waals surface area contributed by atoms with Gasteiger partial charge >= 0.3 is 0 Å². The number of benzene rings is 1. The summed E-state index contributed by atoms with van der Waals surface area (Å²) in [6.45, 7) is 4.43. The number of rotatable bonds is 3. The lowest BCUT2D eigenvalue weighted by Crippen LogP contribution is -2.50. The first-order valence-corrected chi connectivity index (χ1v) is 7.32. The Kier molecular flexibility index (Phi) is 5.01. The van der Waals surface area contributed by atoms with Gasteiger partial charge in [0, 0.05) is 43.2 Å². The van der Waals surface area contributed by atoms with Crippen LogP contribution in [0, 0.1) is 0 Å². The molecule has 0 N–H and O–H groups in total. The van der Waals surface area contributed by atoms with Crippen LogP contribution in [0.25, 0.3) is 0 Å². The maximum absolute atomic E-state index is 12.3. The fraction of sp³-hybridized carbons (Fsp3) is 0.467. The molecule has 1 aliphatic rings. The average molecular weight is 295 g/mol. The van der Waals surface area contributed by atoms with Gasteiger partial charge in [-0.15, -0.1) is 0 Å². The molecule has 0 spiro atoms. The zero-order chi connectivity index (χ0) is 14.5. The first-order valence-electron chi connectivity index (χ1n) is 6.94. The summed E-state index contributed by atoms with van der Waals surface area (Å²) in [4.78, 5) is 27.7. The van der Waals surface area contributed by atoms with Crippen LogP contribution in [0.5, 0.6) is 0 Å². The number of carbonyl (C=O) groups excluding carboxylic acids is 2. The van der Waals surface area contributed by atoms with Gasteiger partial charge in [-0.1, -0.05) is 18.5 Å². The van der Waals surface area contributed by atoms with Crippen molar-refractivity contribution in [3.63, 3.8) is 0 Å². The van der Waals surface area contributed by atoms with Crippen molar-refractivity contribution in [2.75, 3.05) is 26.2 Å². The van der Waals surface area contributed by atoms with Crippen LogP contribution in [-0.2, 0) is 4.79 Å². The Hall–Kier alpha value is -1.55. The SMILES string of the molecule is CCCC(=O)N1CCN(C(=O)c2ccc(Cl)cc2)CC1. The van der Waals surface area contributed by atoms with Crippen LogP contribution >= 0.6 is 11.6 Å². The third-order valence-electron chi connectivity index (χ3n) is 3.47. The summed E-state index contributed by atoms with van der Waals surface area (Å²) >= 11 is 5.82. The molecule has 5 heteroatoms. The van der Waals surface area contributed by atoms with Crippen molar-refractivity contribution in [1.82, 2.24) is 9.80 Å². The lowest BCUT2D eigenvalue weighted by molar-refractivity contribution is -0.132. The third kappa shape index (κ3) is 3.51. The van der Waals surface area contributed by atoms with Gasteiger partial charge in [-0.25, -0.2) is 0 Å². The van der Waals surface area contributed by atoms with E-state index >= 15 is 0 Å². The summed E-state index contributed by atoms with van der Waals surface area (Å²) in [5.74, 6) is 0.190. The van der Waals surface area contributed by atoms with Crippen molar-refractivity contribution in [1.29, 1.82) is 0 Å². The lowest BCUT2D eigenvalue weighted by atomic mass is 10.1. The van der Waals surface area contributed by atoms with Gasteiger partial charge in [0.1, 0.15) is 0 Å². The fourth-order valence-corrected chi connectivity index (χ4v) is 2.43. The molecule has 0 radical (unpaired) electrons. The minimum atomic E-state index is 0.00394. The summed E-state index contributed by atoms with van der Waals surface area (Å²) in [6, 6.07) is 6.91. The summed E-state index contributed by atoms with van der Waals surface area (Å²) in [5, 5.41) is 0.622. The molecule has 0 aliphatic carbocycles. The van der Waals surface area contributed by atoms with Gasteiger partial charge in [0.2, 0.25) is 5.91 Å². The molecule has 1 aromatic rings. The quantitative estimate of drug-likeness (QED) is 0.859.